The molecule has 1 atom stereocenters. The van der Waals surface area contributed by atoms with Crippen molar-refractivity contribution in [3.05, 3.63) is 24.0 Å². The summed E-state index contributed by atoms with van der Waals surface area (Å²) >= 11 is 0. The average Bonchev–Trinajstić information content (AvgIpc) is 3.20. The van der Waals surface area contributed by atoms with Crippen LogP contribution in [-0.4, -0.2) is 38.5 Å². The minimum Gasteiger partial charge on any atom is -0.378 e. The molecule has 1 aliphatic carbocycles. The van der Waals surface area contributed by atoms with Crippen molar-refractivity contribution in [3.63, 3.8) is 0 Å². The van der Waals surface area contributed by atoms with Gasteiger partial charge in [-0.25, -0.2) is 4.99 Å². The Morgan fingerprint density at radius 1 is 1.44 bits per heavy atom. The zero-order valence-electron chi connectivity index (χ0n) is 14.3. The summed E-state index contributed by atoms with van der Waals surface area (Å²) in [5.74, 6) is 3.00. The Hall–Kier alpha value is -2.74. The summed E-state index contributed by atoms with van der Waals surface area (Å²) in [4.78, 5) is 16.8. The second-order valence-corrected chi connectivity index (χ2v) is 6.42. The lowest BCUT2D eigenvalue weighted by molar-refractivity contribution is 0.181. The summed E-state index contributed by atoms with van der Waals surface area (Å²) in [5.41, 5.74) is 1.62. The van der Waals surface area contributed by atoms with Gasteiger partial charge in [-0.05, 0) is 30.7 Å². The van der Waals surface area contributed by atoms with E-state index in [1.165, 1.54) is 12.8 Å². The topological polar surface area (TPSA) is 104 Å². The van der Waals surface area contributed by atoms with E-state index in [1.54, 1.807) is 7.11 Å². The number of aromatic nitrogens is 5. The third-order valence-electron chi connectivity index (χ3n) is 4.36. The second kappa shape index (κ2) is 6.64. The standard InChI is InChI=1S/C17H21N7O/c1-10(11-3-4-11)8-19-16-13-5-6-18-15(13)21-17(22-16)20-14-7-12(9-25-2)23-24-14/h5-8,10-11H,3-4,9H2,1-2H3,(H3,18,20,21,22,23,24)/b19-8-. The molecule has 8 nitrogen and oxygen atoms in total. The molecule has 8 heteroatoms. The largest absolute Gasteiger partial charge is 0.378 e. The SMILES string of the molecule is COCc1cc(Nc2nc(/N=C\C(C)C3CC3)c3cc[nH]c3n2)n[nH]1. The number of aromatic amines is 2. The van der Waals surface area contributed by atoms with Gasteiger partial charge in [0, 0.05) is 25.6 Å². The number of rotatable bonds is 7. The number of nitrogens with zero attached hydrogens (tertiary/aromatic N) is 4. The quantitative estimate of drug-likeness (QED) is 0.573. The van der Waals surface area contributed by atoms with Crippen molar-refractivity contribution in [1.29, 1.82) is 0 Å². The van der Waals surface area contributed by atoms with Gasteiger partial charge in [0.1, 0.15) is 5.65 Å². The molecule has 3 aromatic rings. The minimum atomic E-state index is 0.455. The van der Waals surface area contributed by atoms with Gasteiger partial charge in [-0.3, -0.25) is 5.10 Å². The van der Waals surface area contributed by atoms with Gasteiger partial charge in [0.25, 0.3) is 0 Å². The van der Waals surface area contributed by atoms with Crippen molar-refractivity contribution in [2.75, 3.05) is 12.4 Å². The molecule has 0 amide bonds. The smallest absolute Gasteiger partial charge is 0.232 e. The summed E-state index contributed by atoms with van der Waals surface area (Å²) in [5, 5.41) is 11.1. The Morgan fingerprint density at radius 2 is 2.32 bits per heavy atom. The van der Waals surface area contributed by atoms with Gasteiger partial charge in [-0.2, -0.15) is 15.1 Å². The lowest BCUT2D eigenvalue weighted by atomic mass is 10.1. The fourth-order valence-corrected chi connectivity index (χ4v) is 2.78. The van der Waals surface area contributed by atoms with E-state index in [0.717, 1.165) is 22.6 Å². The number of fused-ring (bicyclic) bond motifs is 1. The molecule has 0 spiro atoms. The molecular formula is C17H21N7O. The Kier molecular flexibility index (Phi) is 4.19. The van der Waals surface area contributed by atoms with Crippen LogP contribution in [0.3, 0.4) is 0 Å². The van der Waals surface area contributed by atoms with E-state index in [4.69, 9.17) is 4.74 Å². The first-order valence-electron chi connectivity index (χ1n) is 8.42. The first kappa shape index (κ1) is 15.8. The first-order valence-corrected chi connectivity index (χ1v) is 8.42. The maximum Gasteiger partial charge on any atom is 0.232 e. The number of hydrogen-bond acceptors (Lipinski definition) is 6. The molecule has 4 rings (SSSR count). The van der Waals surface area contributed by atoms with Crippen molar-refractivity contribution in [2.24, 2.45) is 16.8 Å². The summed E-state index contributed by atoms with van der Waals surface area (Å²) in [6.07, 6.45) is 6.44. The van der Waals surface area contributed by atoms with Crippen molar-refractivity contribution in [2.45, 2.75) is 26.4 Å². The van der Waals surface area contributed by atoms with Gasteiger partial charge in [0.15, 0.2) is 11.6 Å². The molecule has 3 aromatic heterocycles. The highest BCUT2D eigenvalue weighted by Crippen LogP contribution is 2.36. The predicted octanol–water partition coefficient (Wildman–Crippen LogP) is 3.32. The van der Waals surface area contributed by atoms with Crippen molar-refractivity contribution in [3.8, 4) is 0 Å². The summed E-state index contributed by atoms with van der Waals surface area (Å²) in [6, 6.07) is 3.81. The maximum atomic E-state index is 5.08. The molecule has 0 saturated heterocycles. The molecular weight excluding hydrogens is 318 g/mol. The normalized spacial score (nSPS) is 15.9. The highest BCUT2D eigenvalue weighted by molar-refractivity contribution is 5.88. The second-order valence-electron chi connectivity index (χ2n) is 6.42. The zero-order chi connectivity index (χ0) is 17.2. The number of H-pyrrole nitrogens is 2. The van der Waals surface area contributed by atoms with Gasteiger partial charge in [0.05, 0.1) is 17.7 Å². The van der Waals surface area contributed by atoms with Gasteiger partial charge in [0.2, 0.25) is 5.95 Å². The summed E-state index contributed by atoms with van der Waals surface area (Å²) in [7, 11) is 1.64. The van der Waals surface area contributed by atoms with Crippen LogP contribution in [0, 0.1) is 11.8 Å². The fraction of sp³-hybridized carbons (Fsp3) is 0.412. The number of hydrogen-bond donors (Lipinski definition) is 3. The number of ether oxygens (including phenoxy) is 1. The molecule has 1 unspecified atom stereocenters. The highest BCUT2D eigenvalue weighted by atomic mass is 16.5. The van der Waals surface area contributed by atoms with Crippen LogP contribution in [-0.2, 0) is 11.3 Å². The van der Waals surface area contributed by atoms with Crippen LogP contribution in [0.1, 0.15) is 25.5 Å². The van der Waals surface area contributed by atoms with E-state index in [2.05, 4.69) is 42.4 Å². The third-order valence-corrected chi connectivity index (χ3v) is 4.36. The first-order chi connectivity index (χ1) is 12.2. The molecule has 0 aliphatic heterocycles. The molecule has 25 heavy (non-hydrogen) atoms. The number of nitrogens with one attached hydrogen (secondary N) is 3. The van der Waals surface area contributed by atoms with Crippen LogP contribution in [0.25, 0.3) is 11.0 Å². The van der Waals surface area contributed by atoms with E-state index in [-0.39, 0.29) is 0 Å². The molecule has 1 saturated carbocycles. The zero-order valence-corrected chi connectivity index (χ0v) is 14.3. The van der Waals surface area contributed by atoms with Gasteiger partial charge >= 0.3 is 0 Å². The molecule has 1 aliphatic rings. The van der Waals surface area contributed by atoms with Crippen LogP contribution in [0.4, 0.5) is 17.6 Å². The molecule has 1 fully saturated rings. The van der Waals surface area contributed by atoms with E-state index in [9.17, 15) is 0 Å². The lowest BCUT2D eigenvalue weighted by Gasteiger charge is -2.05. The number of methoxy groups -OCH3 is 1. The molecule has 3 N–H and O–H groups in total. The molecule has 0 radical (unpaired) electrons. The van der Waals surface area contributed by atoms with Gasteiger partial charge in [-0.1, -0.05) is 6.92 Å². The average molecular weight is 339 g/mol. The molecule has 3 heterocycles. The van der Waals surface area contributed by atoms with Gasteiger partial charge < -0.3 is 15.0 Å². The van der Waals surface area contributed by atoms with E-state index >= 15 is 0 Å². The van der Waals surface area contributed by atoms with Crippen LogP contribution in [0.2, 0.25) is 0 Å². The molecule has 130 valence electrons. The molecule has 0 aromatic carbocycles. The minimum absolute atomic E-state index is 0.455. The van der Waals surface area contributed by atoms with E-state index in [1.807, 2.05) is 24.5 Å². The van der Waals surface area contributed by atoms with Crippen molar-refractivity contribution >= 4 is 34.8 Å². The third kappa shape index (κ3) is 3.53. The van der Waals surface area contributed by atoms with Crippen molar-refractivity contribution in [1.82, 2.24) is 25.1 Å². The number of aliphatic imine (C=N–C) groups is 1. The monoisotopic (exact) mass is 339 g/mol. The Morgan fingerprint density at radius 3 is 3.12 bits per heavy atom. The van der Waals surface area contributed by atoms with Crippen LogP contribution in [0.5, 0.6) is 0 Å². The van der Waals surface area contributed by atoms with Crippen molar-refractivity contribution < 1.29 is 4.74 Å². The van der Waals surface area contributed by atoms with Crippen LogP contribution < -0.4 is 5.32 Å². The summed E-state index contributed by atoms with van der Waals surface area (Å²) in [6.45, 7) is 2.68. The Balaban J connectivity index is 1.60. The lowest BCUT2D eigenvalue weighted by Crippen LogP contribution is -2.00. The maximum absolute atomic E-state index is 5.08. The Labute approximate surface area is 145 Å². The van der Waals surface area contributed by atoms with Gasteiger partial charge in [-0.15, -0.1) is 0 Å². The van der Waals surface area contributed by atoms with Crippen LogP contribution in [0.15, 0.2) is 23.3 Å². The number of anilines is 2. The molecule has 0 bridgehead atoms. The Bertz CT molecular complexity index is 893. The highest BCUT2D eigenvalue weighted by Gasteiger charge is 2.26. The van der Waals surface area contributed by atoms with E-state index < -0.39 is 0 Å². The predicted molar refractivity (Wildman–Crippen MR) is 96.5 cm³/mol. The summed E-state index contributed by atoms with van der Waals surface area (Å²) < 4.78 is 5.08. The van der Waals surface area contributed by atoms with E-state index in [0.29, 0.717) is 30.1 Å². The fourth-order valence-electron chi connectivity index (χ4n) is 2.78. The van der Waals surface area contributed by atoms with Crippen LogP contribution >= 0.6 is 0 Å².